The average molecular weight is 628 g/mol. The van der Waals surface area contributed by atoms with Gasteiger partial charge in [-0.1, -0.05) is 146 Å². The quantitative estimate of drug-likeness (QED) is 0.191. The molecular formula is C46H33N3. The molecule has 0 N–H and O–H groups in total. The van der Waals surface area contributed by atoms with E-state index in [1.165, 1.54) is 33.4 Å². The van der Waals surface area contributed by atoms with E-state index in [0.29, 0.717) is 5.82 Å². The molecule has 1 aliphatic rings. The first kappa shape index (κ1) is 29.0. The molecule has 6 aromatic carbocycles. The van der Waals surface area contributed by atoms with Gasteiger partial charge in [-0.15, -0.1) is 0 Å². The number of pyridine rings is 1. The molecule has 0 amide bonds. The monoisotopic (exact) mass is 627 g/mol. The minimum absolute atomic E-state index is 0.432. The van der Waals surface area contributed by atoms with Gasteiger partial charge in [0.05, 0.1) is 16.6 Å². The number of fused-ring (bicyclic) bond motifs is 4. The Morgan fingerprint density at radius 3 is 1.78 bits per heavy atom. The largest absolute Gasteiger partial charge is 0.258 e. The number of nitrogens with zero attached hydrogens (tertiary/aromatic N) is 3. The molecule has 0 aliphatic heterocycles. The van der Waals surface area contributed by atoms with E-state index >= 15 is 0 Å². The molecule has 0 atom stereocenters. The van der Waals surface area contributed by atoms with Gasteiger partial charge < -0.3 is 0 Å². The van der Waals surface area contributed by atoms with Crippen molar-refractivity contribution in [1.29, 1.82) is 0 Å². The van der Waals surface area contributed by atoms with Crippen LogP contribution in [0.4, 0.5) is 0 Å². The van der Waals surface area contributed by atoms with Crippen LogP contribution in [-0.4, -0.2) is 15.0 Å². The summed E-state index contributed by atoms with van der Waals surface area (Å²) in [5.74, 6) is 0.711. The molecule has 0 saturated carbocycles. The lowest BCUT2D eigenvalue weighted by Crippen LogP contribution is -2.28. The van der Waals surface area contributed by atoms with Gasteiger partial charge in [0, 0.05) is 33.5 Å². The van der Waals surface area contributed by atoms with Crippen molar-refractivity contribution in [3.05, 3.63) is 197 Å². The second kappa shape index (κ2) is 11.5. The standard InChI is InChI=1S/C46H33N3/c1-30-21-27-37(31(2)47-30)32-22-24-33(25-23-32)45-48-43-20-12-10-18-39(43)44(49-45)34-26-28-42-40(29-34)38-17-9-11-19-41(38)46(42,35-13-5-3-6-14-35)36-15-7-4-8-16-36/h3-29H,1-2H3. The maximum absolute atomic E-state index is 5.28. The lowest BCUT2D eigenvalue weighted by Gasteiger charge is -2.33. The van der Waals surface area contributed by atoms with Gasteiger partial charge in [0.15, 0.2) is 5.82 Å². The van der Waals surface area contributed by atoms with Crippen LogP contribution >= 0.6 is 0 Å². The predicted molar refractivity (Wildman–Crippen MR) is 200 cm³/mol. The van der Waals surface area contributed by atoms with Crippen LogP contribution in [0.2, 0.25) is 0 Å². The number of para-hydroxylation sites is 1. The fraction of sp³-hybridized carbons (Fsp3) is 0.0652. The zero-order valence-electron chi connectivity index (χ0n) is 27.4. The lowest BCUT2D eigenvalue weighted by atomic mass is 9.67. The highest BCUT2D eigenvalue weighted by Crippen LogP contribution is 2.56. The topological polar surface area (TPSA) is 38.7 Å². The van der Waals surface area contributed by atoms with Crippen LogP contribution in [0.15, 0.2) is 164 Å². The molecule has 3 heteroatoms. The third kappa shape index (κ3) is 4.62. The Hall–Kier alpha value is -6.19. The van der Waals surface area contributed by atoms with E-state index in [2.05, 4.69) is 170 Å². The highest BCUT2D eigenvalue weighted by atomic mass is 14.9. The van der Waals surface area contributed by atoms with Crippen LogP contribution in [0.1, 0.15) is 33.6 Å². The summed E-state index contributed by atoms with van der Waals surface area (Å²) in [6.45, 7) is 4.09. The molecule has 3 nitrogen and oxygen atoms in total. The van der Waals surface area contributed by atoms with Crippen LogP contribution in [0.3, 0.4) is 0 Å². The number of hydrogen-bond donors (Lipinski definition) is 0. The SMILES string of the molecule is Cc1ccc(-c2ccc(-c3nc(-c4ccc5c(c4)-c4ccccc4C5(c4ccccc4)c4ccccc4)c4ccccc4n3)cc2)c(C)n1. The van der Waals surface area contributed by atoms with Crippen LogP contribution in [0, 0.1) is 13.8 Å². The summed E-state index contributed by atoms with van der Waals surface area (Å²) in [7, 11) is 0. The highest BCUT2D eigenvalue weighted by molar-refractivity contribution is 5.96. The van der Waals surface area contributed by atoms with Crippen molar-refractivity contribution < 1.29 is 0 Å². The summed E-state index contributed by atoms with van der Waals surface area (Å²) in [4.78, 5) is 15.0. The Labute approximate surface area is 286 Å². The van der Waals surface area contributed by atoms with Crippen LogP contribution in [0.25, 0.3) is 55.8 Å². The molecule has 49 heavy (non-hydrogen) atoms. The molecule has 9 rings (SSSR count). The molecule has 0 radical (unpaired) electrons. The summed E-state index contributed by atoms with van der Waals surface area (Å²) in [5.41, 5.74) is 15.4. The fourth-order valence-corrected chi connectivity index (χ4v) is 7.81. The van der Waals surface area contributed by atoms with Crippen molar-refractivity contribution in [3.63, 3.8) is 0 Å². The van der Waals surface area contributed by atoms with Crippen molar-refractivity contribution in [2.24, 2.45) is 0 Å². The van der Waals surface area contributed by atoms with Crippen LogP contribution in [0.5, 0.6) is 0 Å². The number of hydrogen-bond acceptors (Lipinski definition) is 3. The van der Waals surface area contributed by atoms with Gasteiger partial charge >= 0.3 is 0 Å². The zero-order valence-corrected chi connectivity index (χ0v) is 27.4. The van der Waals surface area contributed by atoms with E-state index in [4.69, 9.17) is 9.97 Å². The van der Waals surface area contributed by atoms with Gasteiger partial charge in [-0.25, -0.2) is 9.97 Å². The maximum Gasteiger partial charge on any atom is 0.160 e. The third-order valence-electron chi connectivity index (χ3n) is 10.0. The maximum atomic E-state index is 5.28. The Balaban J connectivity index is 1.22. The van der Waals surface area contributed by atoms with E-state index in [1.54, 1.807) is 0 Å². The summed E-state index contributed by atoms with van der Waals surface area (Å²) >= 11 is 0. The van der Waals surface area contributed by atoms with E-state index in [-0.39, 0.29) is 0 Å². The summed E-state index contributed by atoms with van der Waals surface area (Å²) in [5, 5.41) is 1.04. The molecule has 2 heterocycles. The first-order chi connectivity index (χ1) is 24.1. The molecule has 0 bridgehead atoms. The molecule has 2 aromatic heterocycles. The normalized spacial score (nSPS) is 12.9. The van der Waals surface area contributed by atoms with Crippen LogP contribution in [-0.2, 0) is 5.41 Å². The van der Waals surface area contributed by atoms with Crippen molar-refractivity contribution in [2.75, 3.05) is 0 Å². The summed E-state index contributed by atoms with van der Waals surface area (Å²) in [6, 6.07) is 58.7. The van der Waals surface area contributed by atoms with Gasteiger partial charge in [0.2, 0.25) is 0 Å². The van der Waals surface area contributed by atoms with E-state index < -0.39 is 5.41 Å². The van der Waals surface area contributed by atoms with Gasteiger partial charge in [-0.05, 0) is 71.0 Å². The minimum Gasteiger partial charge on any atom is -0.258 e. The Morgan fingerprint density at radius 1 is 0.429 bits per heavy atom. The third-order valence-corrected chi connectivity index (χ3v) is 10.0. The van der Waals surface area contributed by atoms with Crippen molar-refractivity contribution in [2.45, 2.75) is 19.3 Å². The first-order valence-electron chi connectivity index (χ1n) is 16.8. The molecular weight excluding hydrogens is 595 g/mol. The molecule has 0 spiro atoms. The van der Waals surface area contributed by atoms with Gasteiger partial charge in [0.1, 0.15) is 0 Å². The Kier molecular flexibility index (Phi) is 6.80. The second-order valence-corrected chi connectivity index (χ2v) is 12.9. The predicted octanol–water partition coefficient (Wildman–Crippen LogP) is 11.0. The van der Waals surface area contributed by atoms with E-state index in [0.717, 1.165) is 50.2 Å². The summed E-state index contributed by atoms with van der Waals surface area (Å²) in [6.07, 6.45) is 0. The molecule has 8 aromatic rings. The van der Waals surface area contributed by atoms with Crippen molar-refractivity contribution in [3.8, 4) is 44.9 Å². The number of aryl methyl sites for hydroxylation is 2. The van der Waals surface area contributed by atoms with E-state index in [1.807, 2.05) is 13.0 Å². The fourth-order valence-electron chi connectivity index (χ4n) is 7.81. The minimum atomic E-state index is -0.432. The molecule has 0 fully saturated rings. The molecule has 232 valence electrons. The number of rotatable bonds is 5. The van der Waals surface area contributed by atoms with E-state index in [9.17, 15) is 0 Å². The Morgan fingerprint density at radius 2 is 1.04 bits per heavy atom. The Bertz CT molecular complexity index is 2460. The number of aromatic nitrogens is 3. The van der Waals surface area contributed by atoms with Crippen molar-refractivity contribution >= 4 is 10.9 Å². The van der Waals surface area contributed by atoms with Gasteiger partial charge in [-0.3, -0.25) is 4.98 Å². The number of benzene rings is 6. The second-order valence-electron chi connectivity index (χ2n) is 12.9. The lowest BCUT2D eigenvalue weighted by molar-refractivity contribution is 0.768. The molecule has 0 unspecified atom stereocenters. The first-order valence-corrected chi connectivity index (χ1v) is 16.8. The highest BCUT2D eigenvalue weighted by Gasteiger charge is 2.46. The zero-order chi connectivity index (χ0) is 33.0. The average Bonchev–Trinajstić information content (AvgIpc) is 3.46. The molecule has 0 saturated heterocycles. The smallest absolute Gasteiger partial charge is 0.160 e. The van der Waals surface area contributed by atoms with Crippen LogP contribution < -0.4 is 0 Å². The molecule has 1 aliphatic carbocycles. The van der Waals surface area contributed by atoms with Gasteiger partial charge in [-0.2, -0.15) is 0 Å². The van der Waals surface area contributed by atoms with Gasteiger partial charge in [0.25, 0.3) is 0 Å². The summed E-state index contributed by atoms with van der Waals surface area (Å²) < 4.78 is 0. The van der Waals surface area contributed by atoms with Crippen molar-refractivity contribution in [1.82, 2.24) is 15.0 Å².